The molecule has 2 aromatic heterocycles. The van der Waals surface area contributed by atoms with Gasteiger partial charge in [0.15, 0.2) is 58.4 Å². The molecule has 0 radical (unpaired) electrons. The van der Waals surface area contributed by atoms with Gasteiger partial charge in [-0.15, -0.1) is 12.4 Å². The highest BCUT2D eigenvalue weighted by Gasteiger charge is 2.24. The molecule has 2 aliphatic heterocycles. The first-order valence-electron chi connectivity index (χ1n) is 16.8. The molecule has 11 heteroatoms. The standard InChI is InChI=1S/2C21H18NO4.ClH/c2*1-22-10-16-13(6-7-17(23-2)21(16)24-3)14-5-4-12-8-18-19(26-11-25-18)9-15(12)20(14)22;/h2*4-10H,11H2,1-3H3;1H/q2*+1;. The summed E-state index contributed by atoms with van der Waals surface area (Å²) in [5, 5.41) is 11.1. The lowest BCUT2D eigenvalue weighted by molar-refractivity contribution is -0.642. The van der Waals surface area contributed by atoms with Gasteiger partial charge in [-0.1, -0.05) is 12.1 Å². The Kier molecular flexibility index (Phi) is 8.42. The number of hydrogen-bond donors (Lipinski definition) is 0. The maximum absolute atomic E-state index is 5.63. The number of methoxy groups -OCH3 is 4. The summed E-state index contributed by atoms with van der Waals surface area (Å²) in [6, 6.07) is 24.8. The maximum atomic E-state index is 5.63. The van der Waals surface area contributed by atoms with Crippen LogP contribution in [0.3, 0.4) is 0 Å². The number of benzene rings is 6. The summed E-state index contributed by atoms with van der Waals surface area (Å²) in [6.07, 6.45) is 4.17. The maximum Gasteiger partial charge on any atom is 0.231 e. The van der Waals surface area contributed by atoms with E-state index in [1.54, 1.807) is 28.4 Å². The van der Waals surface area contributed by atoms with Crippen molar-refractivity contribution in [3.05, 3.63) is 85.2 Å². The summed E-state index contributed by atoms with van der Waals surface area (Å²) >= 11 is 0. The molecule has 0 bridgehead atoms. The van der Waals surface area contributed by atoms with Gasteiger partial charge in [-0.05, 0) is 71.4 Å². The summed E-state index contributed by atoms with van der Waals surface area (Å²) in [5.74, 6) is 6.11. The minimum absolute atomic E-state index is 0. The molecule has 0 atom stereocenters. The van der Waals surface area contributed by atoms with Crippen LogP contribution in [0.1, 0.15) is 0 Å². The number of fused-ring (bicyclic) bond motifs is 12. The van der Waals surface area contributed by atoms with Crippen molar-refractivity contribution < 1.29 is 47.0 Å². The van der Waals surface area contributed by atoms with E-state index >= 15 is 0 Å². The number of nitrogens with zero attached hydrogens (tertiary/aromatic N) is 2. The summed E-state index contributed by atoms with van der Waals surface area (Å²) in [6.45, 7) is 0.547. The van der Waals surface area contributed by atoms with E-state index in [1.165, 1.54) is 0 Å². The molecule has 268 valence electrons. The van der Waals surface area contributed by atoms with Gasteiger partial charge in [0.25, 0.3) is 0 Å². The minimum atomic E-state index is 0. The highest BCUT2D eigenvalue weighted by Crippen LogP contribution is 2.43. The van der Waals surface area contributed by atoms with Crippen molar-refractivity contribution in [2.24, 2.45) is 14.1 Å². The van der Waals surface area contributed by atoms with Gasteiger partial charge in [0.05, 0.1) is 60.8 Å². The second-order valence-corrected chi connectivity index (χ2v) is 12.8. The van der Waals surface area contributed by atoms with E-state index in [4.69, 9.17) is 37.9 Å². The normalized spacial score (nSPS) is 12.6. The third kappa shape index (κ3) is 5.23. The van der Waals surface area contributed by atoms with Gasteiger partial charge in [-0.3, -0.25) is 0 Å². The van der Waals surface area contributed by atoms with Crippen LogP contribution >= 0.6 is 12.4 Å². The van der Waals surface area contributed by atoms with Gasteiger partial charge in [0.1, 0.15) is 14.1 Å². The summed E-state index contributed by atoms with van der Waals surface area (Å²) in [4.78, 5) is 0. The molecule has 4 heterocycles. The van der Waals surface area contributed by atoms with Crippen LogP contribution in [0.25, 0.3) is 64.9 Å². The van der Waals surface area contributed by atoms with Crippen LogP contribution in [0, 0.1) is 0 Å². The number of aryl methyl sites for hydroxylation is 2. The fourth-order valence-electron chi connectivity index (χ4n) is 7.73. The van der Waals surface area contributed by atoms with Gasteiger partial charge < -0.3 is 37.9 Å². The van der Waals surface area contributed by atoms with Crippen LogP contribution in [0.4, 0.5) is 0 Å². The summed E-state index contributed by atoms with van der Waals surface area (Å²) in [7, 11) is 10.7. The number of aromatic nitrogens is 2. The van der Waals surface area contributed by atoms with Crippen molar-refractivity contribution in [1.29, 1.82) is 0 Å². The molecule has 0 aliphatic carbocycles. The lowest BCUT2D eigenvalue weighted by Crippen LogP contribution is -2.28. The van der Waals surface area contributed by atoms with Crippen molar-refractivity contribution in [1.82, 2.24) is 0 Å². The fraction of sp³-hybridized carbons (Fsp3) is 0.190. The van der Waals surface area contributed by atoms with E-state index in [1.807, 2.05) is 38.4 Å². The lowest BCUT2D eigenvalue weighted by Gasteiger charge is -2.12. The van der Waals surface area contributed by atoms with Gasteiger partial charge in [-0.2, -0.15) is 9.13 Å². The average molecular weight is 733 g/mol. The largest absolute Gasteiger partial charge is 0.493 e. The monoisotopic (exact) mass is 732 g/mol. The highest BCUT2D eigenvalue weighted by atomic mass is 35.5. The zero-order valence-electron chi connectivity index (χ0n) is 30.1. The predicted octanol–water partition coefficient (Wildman–Crippen LogP) is 7.86. The van der Waals surface area contributed by atoms with E-state index in [0.717, 1.165) is 111 Å². The van der Waals surface area contributed by atoms with Crippen LogP contribution in [0.5, 0.6) is 46.0 Å². The SMILES string of the molecule is COc1ccc2c(c[n+](C)c3c4cc5c(cc4ccc23)OCO5)c1OC.COc1ccc2c(c[n+](C)c3c4cc5c(cc4ccc23)OCO5)c1OC.Cl. The zero-order valence-corrected chi connectivity index (χ0v) is 30.9. The molecule has 6 aromatic carbocycles. The van der Waals surface area contributed by atoms with Crippen LogP contribution in [0.15, 0.2) is 85.2 Å². The molecule has 0 fully saturated rings. The van der Waals surface area contributed by atoms with Crippen molar-refractivity contribution in [2.45, 2.75) is 0 Å². The first-order valence-corrected chi connectivity index (χ1v) is 16.8. The number of ether oxygens (including phenoxy) is 8. The molecule has 0 N–H and O–H groups in total. The molecular weight excluding hydrogens is 696 g/mol. The smallest absolute Gasteiger partial charge is 0.231 e. The molecule has 10 rings (SSSR count). The van der Waals surface area contributed by atoms with Crippen LogP contribution in [-0.4, -0.2) is 42.0 Å². The molecular formula is C42H37ClN2O8+2. The average Bonchev–Trinajstić information content (AvgIpc) is 3.83. The molecule has 8 aromatic rings. The van der Waals surface area contributed by atoms with Crippen molar-refractivity contribution in [3.63, 3.8) is 0 Å². The first kappa shape index (κ1) is 34.0. The summed E-state index contributed by atoms with van der Waals surface area (Å²) in [5.41, 5.74) is 2.28. The number of pyridine rings is 2. The number of hydrogen-bond acceptors (Lipinski definition) is 8. The Labute approximate surface area is 310 Å². The first-order chi connectivity index (χ1) is 25.4. The van der Waals surface area contributed by atoms with E-state index in [9.17, 15) is 0 Å². The molecule has 0 spiro atoms. The summed E-state index contributed by atoms with van der Waals surface area (Å²) < 4.78 is 48.6. The fourth-order valence-corrected chi connectivity index (χ4v) is 7.73. The number of halogens is 1. The molecule has 0 saturated carbocycles. The topological polar surface area (TPSA) is 81.6 Å². The third-order valence-electron chi connectivity index (χ3n) is 10.1. The molecule has 2 aliphatic rings. The Morgan fingerprint density at radius 1 is 0.434 bits per heavy atom. The lowest BCUT2D eigenvalue weighted by atomic mass is 10.00. The predicted molar refractivity (Wildman–Crippen MR) is 206 cm³/mol. The van der Waals surface area contributed by atoms with Crippen LogP contribution < -0.4 is 47.0 Å². The van der Waals surface area contributed by atoms with E-state index in [2.05, 4.69) is 70.1 Å². The second kappa shape index (κ2) is 13.1. The van der Waals surface area contributed by atoms with E-state index < -0.39 is 0 Å². The van der Waals surface area contributed by atoms with Crippen molar-refractivity contribution >= 4 is 77.3 Å². The van der Waals surface area contributed by atoms with Crippen LogP contribution in [-0.2, 0) is 14.1 Å². The van der Waals surface area contributed by atoms with Gasteiger partial charge >= 0.3 is 0 Å². The van der Waals surface area contributed by atoms with Crippen molar-refractivity contribution in [3.8, 4) is 46.0 Å². The Morgan fingerprint density at radius 3 is 1.19 bits per heavy atom. The molecule has 0 amide bonds. The van der Waals surface area contributed by atoms with Crippen LogP contribution in [0.2, 0.25) is 0 Å². The number of rotatable bonds is 4. The van der Waals surface area contributed by atoms with E-state index in [0.29, 0.717) is 0 Å². The van der Waals surface area contributed by atoms with E-state index in [-0.39, 0.29) is 26.0 Å². The third-order valence-corrected chi connectivity index (χ3v) is 10.1. The minimum Gasteiger partial charge on any atom is -0.493 e. The highest BCUT2D eigenvalue weighted by molar-refractivity contribution is 6.16. The zero-order chi connectivity index (χ0) is 35.7. The molecule has 0 unspecified atom stereocenters. The van der Waals surface area contributed by atoms with Gasteiger partial charge in [-0.25, -0.2) is 0 Å². The van der Waals surface area contributed by atoms with Gasteiger partial charge in [0.2, 0.25) is 24.6 Å². The Balaban J connectivity index is 0.000000148. The Bertz CT molecular complexity index is 2600. The Morgan fingerprint density at radius 2 is 0.811 bits per heavy atom. The van der Waals surface area contributed by atoms with Gasteiger partial charge in [0, 0.05) is 10.8 Å². The molecule has 53 heavy (non-hydrogen) atoms. The van der Waals surface area contributed by atoms with Crippen molar-refractivity contribution in [2.75, 3.05) is 42.0 Å². The molecule has 10 nitrogen and oxygen atoms in total. The Hall–Kier alpha value is -6.13. The molecule has 0 saturated heterocycles. The quantitative estimate of drug-likeness (QED) is 0.134. The second-order valence-electron chi connectivity index (χ2n) is 12.8.